The van der Waals surface area contributed by atoms with E-state index in [0.29, 0.717) is 0 Å². The second kappa shape index (κ2) is 4.98. The lowest BCUT2D eigenvalue weighted by Crippen LogP contribution is -1.78. The molecule has 0 bridgehead atoms. The summed E-state index contributed by atoms with van der Waals surface area (Å²) in [5, 5.41) is 6.78. The van der Waals surface area contributed by atoms with E-state index in [1.54, 1.807) is 6.08 Å². The van der Waals surface area contributed by atoms with Gasteiger partial charge in [0.1, 0.15) is 0 Å². The van der Waals surface area contributed by atoms with Crippen molar-refractivity contribution in [3.05, 3.63) is 23.3 Å². The molecule has 0 unspecified atom stereocenters. The van der Waals surface area contributed by atoms with Crippen LogP contribution in [0.1, 0.15) is 27.2 Å². The summed E-state index contributed by atoms with van der Waals surface area (Å²) in [6.07, 6.45) is 6.10. The third-order valence-corrected chi connectivity index (χ3v) is 1.42. The number of nitrogens with one attached hydrogen (secondary N) is 1. The molecule has 1 nitrogen and oxygen atoms in total. The van der Waals surface area contributed by atoms with Crippen molar-refractivity contribution in [3.63, 3.8) is 0 Å². The fourth-order valence-electron chi connectivity index (χ4n) is 0.802. The largest absolute Gasteiger partial charge is 0.309 e. The number of hydrogen-bond donors (Lipinski definition) is 1. The molecule has 10 heavy (non-hydrogen) atoms. The van der Waals surface area contributed by atoms with Crippen LogP contribution >= 0.6 is 0 Å². The molecule has 0 heterocycles. The standard InChI is InChI=1S/C9H15N/c1-4-9(8(2)3)6-5-7-10/h5-7,10H,4H2,1-3H3/b6-5-,10-7?. The lowest BCUT2D eigenvalue weighted by atomic mass is 10.1. The lowest BCUT2D eigenvalue weighted by molar-refractivity contribution is 1.10. The van der Waals surface area contributed by atoms with E-state index < -0.39 is 0 Å². The summed E-state index contributed by atoms with van der Waals surface area (Å²) in [5.41, 5.74) is 2.66. The first kappa shape index (κ1) is 9.15. The molecular formula is C9H15N. The van der Waals surface area contributed by atoms with Gasteiger partial charge in [-0.05, 0) is 31.9 Å². The maximum atomic E-state index is 6.78. The molecular weight excluding hydrogens is 122 g/mol. The molecule has 0 spiro atoms. The summed E-state index contributed by atoms with van der Waals surface area (Å²) in [6.45, 7) is 6.30. The van der Waals surface area contributed by atoms with Crippen LogP contribution in [0.25, 0.3) is 0 Å². The Hall–Kier alpha value is -0.850. The van der Waals surface area contributed by atoms with Crippen molar-refractivity contribution in [1.29, 1.82) is 5.41 Å². The van der Waals surface area contributed by atoms with E-state index in [2.05, 4.69) is 20.8 Å². The molecule has 0 aliphatic rings. The monoisotopic (exact) mass is 137 g/mol. The minimum Gasteiger partial charge on any atom is -0.309 e. The SMILES string of the molecule is CCC(/C=C\C=N)=C(C)C. The minimum atomic E-state index is 1.05. The van der Waals surface area contributed by atoms with Gasteiger partial charge in [-0.1, -0.05) is 18.6 Å². The van der Waals surface area contributed by atoms with Crippen molar-refractivity contribution in [2.75, 3.05) is 0 Å². The van der Waals surface area contributed by atoms with Crippen LogP contribution < -0.4 is 0 Å². The van der Waals surface area contributed by atoms with Crippen molar-refractivity contribution >= 4 is 6.21 Å². The first-order valence-corrected chi connectivity index (χ1v) is 3.55. The summed E-state index contributed by atoms with van der Waals surface area (Å²) in [6, 6.07) is 0. The highest BCUT2D eigenvalue weighted by molar-refractivity contribution is 5.68. The van der Waals surface area contributed by atoms with E-state index in [1.807, 2.05) is 6.08 Å². The first-order chi connectivity index (χ1) is 4.72. The van der Waals surface area contributed by atoms with E-state index in [0.717, 1.165) is 6.42 Å². The van der Waals surface area contributed by atoms with Crippen molar-refractivity contribution in [2.24, 2.45) is 0 Å². The molecule has 0 rings (SSSR count). The van der Waals surface area contributed by atoms with Crippen LogP contribution in [0.3, 0.4) is 0 Å². The Bertz CT molecular complexity index is 160. The van der Waals surface area contributed by atoms with Gasteiger partial charge in [0.15, 0.2) is 0 Å². The van der Waals surface area contributed by atoms with Gasteiger partial charge in [-0.3, -0.25) is 0 Å². The van der Waals surface area contributed by atoms with Crippen LogP contribution in [0.5, 0.6) is 0 Å². The Morgan fingerprint density at radius 2 is 2.00 bits per heavy atom. The smallest absolute Gasteiger partial charge is 0.0177 e. The Balaban J connectivity index is 4.23. The first-order valence-electron chi connectivity index (χ1n) is 3.55. The maximum absolute atomic E-state index is 6.78. The number of hydrogen-bond acceptors (Lipinski definition) is 1. The fraction of sp³-hybridized carbons (Fsp3) is 0.444. The molecule has 0 aromatic carbocycles. The summed E-state index contributed by atoms with van der Waals surface area (Å²) < 4.78 is 0. The van der Waals surface area contributed by atoms with Gasteiger partial charge in [0.2, 0.25) is 0 Å². The maximum Gasteiger partial charge on any atom is 0.0177 e. The van der Waals surface area contributed by atoms with Crippen LogP contribution in [0.2, 0.25) is 0 Å². The average molecular weight is 137 g/mol. The van der Waals surface area contributed by atoms with Crippen LogP contribution in [-0.2, 0) is 0 Å². The molecule has 0 radical (unpaired) electrons. The van der Waals surface area contributed by atoms with Crippen molar-refractivity contribution in [2.45, 2.75) is 27.2 Å². The molecule has 0 aromatic rings. The van der Waals surface area contributed by atoms with Crippen molar-refractivity contribution in [3.8, 4) is 0 Å². The van der Waals surface area contributed by atoms with Crippen molar-refractivity contribution in [1.82, 2.24) is 0 Å². The highest BCUT2D eigenvalue weighted by Gasteiger charge is 1.88. The van der Waals surface area contributed by atoms with Gasteiger partial charge >= 0.3 is 0 Å². The normalized spacial score (nSPS) is 9.90. The highest BCUT2D eigenvalue weighted by atomic mass is 14.3. The molecule has 0 aliphatic carbocycles. The molecule has 0 saturated carbocycles. The van der Waals surface area contributed by atoms with Crippen molar-refractivity contribution < 1.29 is 0 Å². The van der Waals surface area contributed by atoms with Gasteiger partial charge in [0, 0.05) is 6.21 Å². The third-order valence-electron chi connectivity index (χ3n) is 1.42. The predicted molar refractivity (Wildman–Crippen MR) is 46.6 cm³/mol. The number of rotatable bonds is 3. The average Bonchev–Trinajstić information content (AvgIpc) is 1.89. The van der Waals surface area contributed by atoms with E-state index in [4.69, 9.17) is 5.41 Å². The summed E-state index contributed by atoms with van der Waals surface area (Å²) in [7, 11) is 0. The second-order valence-corrected chi connectivity index (χ2v) is 2.40. The Labute approximate surface area is 63.0 Å². The topological polar surface area (TPSA) is 23.9 Å². The molecule has 0 aromatic heterocycles. The summed E-state index contributed by atoms with van der Waals surface area (Å²) in [5.74, 6) is 0. The molecule has 0 aliphatic heterocycles. The van der Waals surface area contributed by atoms with E-state index in [1.165, 1.54) is 17.4 Å². The molecule has 56 valence electrons. The van der Waals surface area contributed by atoms with Gasteiger partial charge in [-0.2, -0.15) is 0 Å². The molecule has 1 heteroatoms. The summed E-state index contributed by atoms with van der Waals surface area (Å²) >= 11 is 0. The van der Waals surface area contributed by atoms with Crippen LogP contribution in [0, 0.1) is 5.41 Å². The minimum absolute atomic E-state index is 1.05. The summed E-state index contributed by atoms with van der Waals surface area (Å²) in [4.78, 5) is 0. The van der Waals surface area contributed by atoms with E-state index in [9.17, 15) is 0 Å². The molecule has 0 amide bonds. The highest BCUT2D eigenvalue weighted by Crippen LogP contribution is 2.08. The van der Waals surface area contributed by atoms with Crippen LogP contribution in [0.4, 0.5) is 0 Å². The fourth-order valence-corrected chi connectivity index (χ4v) is 0.802. The lowest BCUT2D eigenvalue weighted by Gasteiger charge is -1.97. The van der Waals surface area contributed by atoms with Gasteiger partial charge in [0.05, 0.1) is 0 Å². The van der Waals surface area contributed by atoms with Gasteiger partial charge < -0.3 is 5.41 Å². The van der Waals surface area contributed by atoms with Gasteiger partial charge in [-0.25, -0.2) is 0 Å². The Kier molecular flexibility index (Phi) is 4.55. The second-order valence-electron chi connectivity index (χ2n) is 2.40. The molecule has 0 fully saturated rings. The van der Waals surface area contributed by atoms with E-state index in [-0.39, 0.29) is 0 Å². The van der Waals surface area contributed by atoms with Gasteiger partial charge in [0.25, 0.3) is 0 Å². The Morgan fingerprint density at radius 3 is 2.30 bits per heavy atom. The number of allylic oxidation sites excluding steroid dienone is 4. The zero-order valence-corrected chi connectivity index (χ0v) is 6.94. The van der Waals surface area contributed by atoms with E-state index >= 15 is 0 Å². The predicted octanol–water partition coefficient (Wildman–Crippen LogP) is 2.94. The molecule has 0 saturated heterocycles. The van der Waals surface area contributed by atoms with Crippen LogP contribution in [-0.4, -0.2) is 6.21 Å². The Morgan fingerprint density at radius 1 is 1.40 bits per heavy atom. The zero-order chi connectivity index (χ0) is 7.98. The molecule has 0 atom stereocenters. The van der Waals surface area contributed by atoms with Crippen LogP contribution in [0.15, 0.2) is 23.3 Å². The quantitative estimate of drug-likeness (QED) is 0.457. The third kappa shape index (κ3) is 3.23. The zero-order valence-electron chi connectivity index (χ0n) is 6.94. The van der Waals surface area contributed by atoms with Gasteiger partial charge in [-0.15, -0.1) is 0 Å². The molecule has 1 N–H and O–H groups in total.